The molecule has 0 saturated heterocycles. The van der Waals surface area contributed by atoms with Gasteiger partial charge >= 0.3 is 0 Å². The lowest BCUT2D eigenvalue weighted by molar-refractivity contribution is 0.287. The smallest absolute Gasteiger partial charge is 0.154 e. The van der Waals surface area contributed by atoms with Crippen molar-refractivity contribution < 1.29 is 9.15 Å². The van der Waals surface area contributed by atoms with Crippen LogP contribution in [-0.4, -0.2) is 32.8 Å². The van der Waals surface area contributed by atoms with E-state index in [0.717, 1.165) is 45.5 Å². The van der Waals surface area contributed by atoms with Gasteiger partial charge in [0.05, 0.1) is 29.4 Å². The van der Waals surface area contributed by atoms with Crippen molar-refractivity contribution in [3.05, 3.63) is 103 Å². The first-order valence-corrected chi connectivity index (χ1v) is 11.8. The van der Waals surface area contributed by atoms with Gasteiger partial charge in [0.2, 0.25) is 0 Å². The van der Waals surface area contributed by atoms with Gasteiger partial charge in [0.25, 0.3) is 0 Å². The third-order valence-corrected chi connectivity index (χ3v) is 6.15. The van der Waals surface area contributed by atoms with Crippen LogP contribution >= 0.6 is 0 Å². The second kappa shape index (κ2) is 9.56. The Balaban J connectivity index is 1.33. The number of aromatic nitrogens is 4. The first-order valence-electron chi connectivity index (χ1n) is 11.8. The number of nitrogens with one attached hydrogen (secondary N) is 2. The fraction of sp³-hybridized carbons (Fsp3) is 0.103. The van der Waals surface area contributed by atoms with Gasteiger partial charge in [-0.3, -0.25) is 10.1 Å². The molecule has 0 radical (unpaired) electrons. The lowest BCUT2D eigenvalue weighted by Crippen LogP contribution is -2.30. The number of pyridine rings is 1. The van der Waals surface area contributed by atoms with Crippen LogP contribution in [0.5, 0.6) is 5.75 Å². The van der Waals surface area contributed by atoms with E-state index in [9.17, 15) is 0 Å². The van der Waals surface area contributed by atoms with Crippen molar-refractivity contribution in [3.63, 3.8) is 0 Å². The average Bonchev–Trinajstić information content (AvgIpc) is 3.69. The number of hydrogen-bond acceptors (Lipinski definition) is 5. The lowest BCUT2D eigenvalue weighted by atomic mass is 9.99. The molecule has 0 aliphatic heterocycles. The van der Waals surface area contributed by atoms with E-state index < -0.39 is 0 Å². The van der Waals surface area contributed by atoms with Crippen LogP contribution in [-0.2, 0) is 6.42 Å². The zero-order valence-electron chi connectivity index (χ0n) is 19.5. The van der Waals surface area contributed by atoms with Gasteiger partial charge in [-0.1, -0.05) is 36.4 Å². The third kappa shape index (κ3) is 4.39. The molecular weight excluding hydrogens is 450 g/mol. The molecule has 2 aromatic carbocycles. The monoisotopic (exact) mass is 475 g/mol. The largest absolute Gasteiger partial charge is 0.490 e. The molecule has 0 fully saturated rings. The minimum atomic E-state index is -0.128. The highest BCUT2D eigenvalue weighted by molar-refractivity contribution is 5.96. The van der Waals surface area contributed by atoms with Gasteiger partial charge in [0, 0.05) is 23.2 Å². The number of ether oxygens (including phenoxy) is 1. The molecule has 4 heterocycles. The number of fused-ring (bicyclic) bond motifs is 1. The molecule has 4 aromatic heterocycles. The molecule has 0 spiro atoms. The Morgan fingerprint density at radius 2 is 1.86 bits per heavy atom. The van der Waals surface area contributed by atoms with E-state index in [1.165, 1.54) is 5.56 Å². The highest BCUT2D eigenvalue weighted by Crippen LogP contribution is 2.36. The van der Waals surface area contributed by atoms with Gasteiger partial charge in [-0.05, 0) is 60.0 Å². The predicted molar refractivity (Wildman–Crippen MR) is 140 cm³/mol. The Kier molecular flexibility index (Phi) is 5.81. The summed E-state index contributed by atoms with van der Waals surface area (Å²) in [6.07, 6.45) is 6.03. The standard InChI is InChI=1S/C29H25N5O2/c30-21(14-19-6-2-1-3-7-19)18-36-22-16-23(28(32-17-22)26-8-4-12-31-26)20-10-11-25-24(15-20)29(34-33-25)27-9-5-13-35-27/h1-13,15-17,21,31H,14,18,30H2,(H,33,34)/t21-/m0/s1. The number of nitrogens with two attached hydrogens (primary N) is 1. The minimum absolute atomic E-state index is 0.128. The summed E-state index contributed by atoms with van der Waals surface area (Å²) >= 11 is 0. The summed E-state index contributed by atoms with van der Waals surface area (Å²) in [5.74, 6) is 1.38. The summed E-state index contributed by atoms with van der Waals surface area (Å²) in [6, 6.07) is 26.0. The Morgan fingerprint density at radius 3 is 2.67 bits per heavy atom. The van der Waals surface area contributed by atoms with Gasteiger partial charge in [-0.15, -0.1) is 0 Å². The zero-order chi connectivity index (χ0) is 24.3. The van der Waals surface area contributed by atoms with Crippen LogP contribution in [0, 0.1) is 0 Å². The third-order valence-electron chi connectivity index (χ3n) is 6.15. The number of rotatable bonds is 8. The van der Waals surface area contributed by atoms with Crippen molar-refractivity contribution >= 4 is 10.9 Å². The molecule has 4 N–H and O–H groups in total. The van der Waals surface area contributed by atoms with Crippen molar-refractivity contribution in [1.29, 1.82) is 0 Å². The minimum Gasteiger partial charge on any atom is -0.490 e. The van der Waals surface area contributed by atoms with E-state index in [0.29, 0.717) is 18.1 Å². The number of aromatic amines is 2. The van der Waals surface area contributed by atoms with E-state index in [1.54, 1.807) is 12.5 Å². The summed E-state index contributed by atoms with van der Waals surface area (Å²) in [7, 11) is 0. The molecule has 7 nitrogen and oxygen atoms in total. The molecule has 6 aromatic rings. The van der Waals surface area contributed by atoms with E-state index in [2.05, 4.69) is 39.4 Å². The van der Waals surface area contributed by atoms with Crippen LogP contribution in [0.25, 0.3) is 44.9 Å². The SMILES string of the molecule is N[C@H](COc1cnc(-c2ccc[nH]2)c(-c2ccc3[nH]nc(-c4ccco4)c3c2)c1)Cc1ccccc1. The number of H-pyrrole nitrogens is 2. The highest BCUT2D eigenvalue weighted by atomic mass is 16.5. The van der Waals surface area contributed by atoms with Crippen molar-refractivity contribution in [2.45, 2.75) is 12.5 Å². The average molecular weight is 476 g/mol. The van der Waals surface area contributed by atoms with E-state index in [-0.39, 0.29) is 6.04 Å². The quantitative estimate of drug-likeness (QED) is 0.257. The van der Waals surface area contributed by atoms with Crippen LogP contribution in [0.4, 0.5) is 0 Å². The van der Waals surface area contributed by atoms with E-state index in [4.69, 9.17) is 19.9 Å². The maximum absolute atomic E-state index is 6.35. The molecule has 0 unspecified atom stereocenters. The van der Waals surface area contributed by atoms with Crippen LogP contribution in [0.3, 0.4) is 0 Å². The van der Waals surface area contributed by atoms with Gasteiger partial charge in [-0.25, -0.2) is 0 Å². The Bertz CT molecular complexity index is 1570. The summed E-state index contributed by atoms with van der Waals surface area (Å²) in [6.45, 7) is 0.390. The molecule has 7 heteroatoms. The van der Waals surface area contributed by atoms with Gasteiger partial charge in [0.15, 0.2) is 5.76 Å². The summed E-state index contributed by atoms with van der Waals surface area (Å²) in [5.41, 5.74) is 12.9. The maximum atomic E-state index is 6.35. The van der Waals surface area contributed by atoms with Crippen LogP contribution in [0.15, 0.2) is 102 Å². The Labute approximate surface area is 208 Å². The number of hydrogen-bond donors (Lipinski definition) is 3. The number of nitrogens with zero attached hydrogens (tertiary/aromatic N) is 2. The molecule has 178 valence electrons. The van der Waals surface area contributed by atoms with Gasteiger partial charge < -0.3 is 19.9 Å². The second-order valence-corrected chi connectivity index (χ2v) is 8.72. The molecule has 0 saturated carbocycles. The fourth-order valence-corrected chi connectivity index (χ4v) is 4.40. The molecule has 0 aliphatic rings. The van der Waals surface area contributed by atoms with Crippen molar-refractivity contribution in [2.75, 3.05) is 6.61 Å². The van der Waals surface area contributed by atoms with Gasteiger partial charge in [-0.2, -0.15) is 5.10 Å². The fourth-order valence-electron chi connectivity index (χ4n) is 4.40. The van der Waals surface area contributed by atoms with Gasteiger partial charge in [0.1, 0.15) is 18.1 Å². The van der Waals surface area contributed by atoms with Crippen LogP contribution < -0.4 is 10.5 Å². The normalized spacial score (nSPS) is 12.1. The predicted octanol–water partition coefficient (Wildman–Crippen LogP) is 5.83. The maximum Gasteiger partial charge on any atom is 0.154 e. The Morgan fingerprint density at radius 1 is 0.944 bits per heavy atom. The van der Waals surface area contributed by atoms with Crippen molar-refractivity contribution in [1.82, 2.24) is 20.2 Å². The Hall–Kier alpha value is -4.62. The van der Waals surface area contributed by atoms with E-state index >= 15 is 0 Å². The molecule has 1 atom stereocenters. The molecule has 0 bridgehead atoms. The molecular formula is C29H25N5O2. The zero-order valence-corrected chi connectivity index (χ0v) is 19.5. The summed E-state index contributed by atoms with van der Waals surface area (Å²) in [4.78, 5) is 8.03. The first-order chi connectivity index (χ1) is 17.7. The summed E-state index contributed by atoms with van der Waals surface area (Å²) < 4.78 is 11.7. The molecule has 0 aliphatic carbocycles. The van der Waals surface area contributed by atoms with Crippen LogP contribution in [0.1, 0.15) is 5.56 Å². The lowest BCUT2D eigenvalue weighted by Gasteiger charge is -2.15. The molecule has 6 rings (SSSR count). The number of furan rings is 1. The van der Waals surface area contributed by atoms with Crippen molar-refractivity contribution in [3.8, 4) is 39.7 Å². The van der Waals surface area contributed by atoms with E-state index in [1.807, 2.05) is 60.8 Å². The first kappa shape index (κ1) is 21.9. The van der Waals surface area contributed by atoms with Crippen molar-refractivity contribution in [2.24, 2.45) is 5.73 Å². The molecule has 36 heavy (non-hydrogen) atoms. The molecule has 0 amide bonds. The highest BCUT2D eigenvalue weighted by Gasteiger charge is 2.16. The summed E-state index contributed by atoms with van der Waals surface area (Å²) in [5, 5.41) is 8.53. The topological polar surface area (TPSA) is 106 Å². The second-order valence-electron chi connectivity index (χ2n) is 8.72. The number of benzene rings is 2. The van der Waals surface area contributed by atoms with Crippen LogP contribution in [0.2, 0.25) is 0 Å².